The molecule has 4 N–H and O–H groups in total. The van der Waals surface area contributed by atoms with Crippen LogP contribution in [0, 0.1) is 0 Å². The first kappa shape index (κ1) is 16.9. The molecule has 0 unspecified atom stereocenters. The molecule has 0 aliphatic heterocycles. The number of hydrogen-bond donors (Lipinski definition) is 4. The first-order chi connectivity index (χ1) is 10.3. The molecule has 0 aliphatic carbocycles. The molecule has 0 atom stereocenters. The number of benzene rings is 2. The van der Waals surface area contributed by atoms with Gasteiger partial charge in [-0.2, -0.15) is 0 Å². The quantitative estimate of drug-likeness (QED) is 0.601. The van der Waals surface area contributed by atoms with Crippen molar-refractivity contribution >= 4 is 18.2 Å². The van der Waals surface area contributed by atoms with Crippen molar-refractivity contribution < 1.29 is 24.6 Å². The van der Waals surface area contributed by atoms with Crippen LogP contribution >= 0.6 is 18.2 Å². The van der Waals surface area contributed by atoms with Crippen molar-refractivity contribution in [2.24, 2.45) is 0 Å². The molecule has 0 amide bonds. The van der Waals surface area contributed by atoms with Crippen molar-refractivity contribution in [1.29, 1.82) is 0 Å². The van der Waals surface area contributed by atoms with Crippen LogP contribution in [0.5, 0.6) is 11.5 Å². The minimum absolute atomic E-state index is 0.0364. The zero-order valence-corrected chi connectivity index (χ0v) is 13.4. The summed E-state index contributed by atoms with van der Waals surface area (Å²) in [5, 5.41) is 19.3. The predicted octanol–water partition coefficient (Wildman–Crippen LogP) is 3.46. The Morgan fingerprint density at radius 3 is 2.41 bits per heavy atom. The van der Waals surface area contributed by atoms with Gasteiger partial charge in [0.05, 0.1) is 0 Å². The minimum atomic E-state index is -4.26. The van der Waals surface area contributed by atoms with E-state index in [4.69, 9.17) is 9.79 Å². The van der Waals surface area contributed by atoms with E-state index in [1.807, 2.05) is 6.07 Å². The van der Waals surface area contributed by atoms with E-state index in [0.717, 1.165) is 5.56 Å². The number of phenols is 2. The van der Waals surface area contributed by atoms with Gasteiger partial charge in [-0.3, -0.25) is 0 Å². The van der Waals surface area contributed by atoms with Crippen LogP contribution < -0.4 is 0 Å². The van der Waals surface area contributed by atoms with Gasteiger partial charge in [0.1, 0.15) is 11.5 Å². The first-order valence-corrected chi connectivity index (χ1v) is 9.72. The Morgan fingerprint density at radius 1 is 1.00 bits per heavy atom. The maximum atomic E-state index is 11.1. The molecule has 0 fully saturated rings. The van der Waals surface area contributed by atoms with Crippen LogP contribution in [0.3, 0.4) is 0 Å². The molecular formula is C15H17O5PS. The van der Waals surface area contributed by atoms with E-state index in [-0.39, 0.29) is 11.5 Å². The highest BCUT2D eigenvalue weighted by Gasteiger charge is 2.19. The van der Waals surface area contributed by atoms with E-state index in [1.54, 1.807) is 30.3 Å². The van der Waals surface area contributed by atoms with Gasteiger partial charge in [0, 0.05) is 10.5 Å². The number of aryl methyl sites for hydroxylation is 1. The fourth-order valence-electron chi connectivity index (χ4n) is 2.20. The Morgan fingerprint density at radius 2 is 1.73 bits per heavy atom. The minimum Gasteiger partial charge on any atom is -0.508 e. The maximum absolute atomic E-state index is 11.1. The molecule has 0 aliphatic rings. The zero-order valence-electron chi connectivity index (χ0n) is 11.7. The normalized spacial score (nSPS) is 11.5. The van der Waals surface area contributed by atoms with Gasteiger partial charge >= 0.3 is 6.80 Å². The molecule has 0 radical (unpaired) electrons. The fraction of sp³-hybridized carbons (Fsp3) is 0.200. The lowest BCUT2D eigenvalue weighted by atomic mass is 10.0. The molecule has 0 spiro atoms. The molecule has 0 bridgehead atoms. The molecule has 0 aromatic heterocycles. The second-order valence-electron chi connectivity index (χ2n) is 4.86. The van der Waals surface area contributed by atoms with Crippen LogP contribution in [0.4, 0.5) is 0 Å². The molecule has 0 heterocycles. The summed E-state index contributed by atoms with van der Waals surface area (Å²) in [6.07, 6.45) is 1.88. The van der Waals surface area contributed by atoms with Crippen LogP contribution in [0.15, 0.2) is 47.4 Å². The first-order valence-electron chi connectivity index (χ1n) is 6.69. The summed E-state index contributed by atoms with van der Waals surface area (Å²) in [5.74, 6) is 0.243. The molecular weight excluding hydrogens is 323 g/mol. The van der Waals surface area contributed by atoms with Crippen molar-refractivity contribution in [3.8, 4) is 11.5 Å². The molecule has 0 saturated carbocycles. The van der Waals surface area contributed by atoms with Gasteiger partial charge in [0.25, 0.3) is 0 Å². The van der Waals surface area contributed by atoms with Crippen molar-refractivity contribution in [3.63, 3.8) is 0 Å². The topological polar surface area (TPSA) is 98.0 Å². The van der Waals surface area contributed by atoms with Gasteiger partial charge < -0.3 is 20.0 Å². The van der Waals surface area contributed by atoms with Gasteiger partial charge in [0.15, 0.2) is 0 Å². The molecule has 118 valence electrons. The third-order valence-electron chi connectivity index (χ3n) is 3.13. The van der Waals surface area contributed by atoms with Crippen LogP contribution in [-0.4, -0.2) is 20.0 Å². The SMILES string of the molecule is O=P(O)(O)Sc1cccc(O)c1CCCc1cccc(O)c1. The molecule has 2 rings (SSSR count). The summed E-state index contributed by atoms with van der Waals surface area (Å²) in [5.41, 5.74) is 1.51. The summed E-state index contributed by atoms with van der Waals surface area (Å²) in [6.45, 7) is -4.26. The Bertz CT molecular complexity index is 698. The lowest BCUT2D eigenvalue weighted by Crippen LogP contribution is -1.93. The molecule has 0 saturated heterocycles. The van der Waals surface area contributed by atoms with E-state index in [1.165, 1.54) is 6.07 Å². The number of aromatic hydroxyl groups is 2. The molecule has 22 heavy (non-hydrogen) atoms. The lowest BCUT2D eigenvalue weighted by Gasteiger charge is -2.11. The third kappa shape index (κ3) is 5.07. The van der Waals surface area contributed by atoms with E-state index in [9.17, 15) is 14.8 Å². The highest BCUT2D eigenvalue weighted by molar-refractivity contribution is 8.54. The third-order valence-corrected chi connectivity index (χ3v) is 5.25. The van der Waals surface area contributed by atoms with Gasteiger partial charge in [-0.1, -0.05) is 18.2 Å². The van der Waals surface area contributed by atoms with E-state index < -0.39 is 6.80 Å². The summed E-state index contributed by atoms with van der Waals surface area (Å²) >= 11 is 0.457. The van der Waals surface area contributed by atoms with Gasteiger partial charge in [-0.05, 0) is 60.5 Å². The Balaban J connectivity index is 2.07. The van der Waals surface area contributed by atoms with Crippen molar-refractivity contribution in [1.82, 2.24) is 0 Å². The predicted molar refractivity (Wildman–Crippen MR) is 86.1 cm³/mol. The Kier molecular flexibility index (Phi) is 5.53. The highest BCUT2D eigenvalue weighted by atomic mass is 32.7. The molecule has 7 heteroatoms. The van der Waals surface area contributed by atoms with Gasteiger partial charge in [-0.25, -0.2) is 4.57 Å². The maximum Gasteiger partial charge on any atom is 0.388 e. The fourth-order valence-corrected chi connectivity index (χ4v) is 4.19. The second-order valence-corrected chi connectivity index (χ2v) is 8.44. The van der Waals surface area contributed by atoms with Crippen LogP contribution in [0.2, 0.25) is 0 Å². The van der Waals surface area contributed by atoms with Crippen molar-refractivity contribution in [2.45, 2.75) is 24.2 Å². The largest absolute Gasteiger partial charge is 0.508 e. The molecule has 2 aromatic rings. The Hall–Kier alpha value is -1.46. The van der Waals surface area contributed by atoms with E-state index >= 15 is 0 Å². The average molecular weight is 340 g/mol. The van der Waals surface area contributed by atoms with Gasteiger partial charge in [0.2, 0.25) is 0 Å². The van der Waals surface area contributed by atoms with Crippen molar-refractivity contribution in [3.05, 3.63) is 53.6 Å². The van der Waals surface area contributed by atoms with Crippen LogP contribution in [-0.2, 0) is 17.4 Å². The molecule has 2 aromatic carbocycles. The zero-order chi connectivity index (χ0) is 16.2. The summed E-state index contributed by atoms with van der Waals surface area (Å²) in [6, 6.07) is 11.6. The highest BCUT2D eigenvalue weighted by Crippen LogP contribution is 2.56. The monoisotopic (exact) mass is 340 g/mol. The van der Waals surface area contributed by atoms with E-state index in [0.29, 0.717) is 41.1 Å². The van der Waals surface area contributed by atoms with Crippen LogP contribution in [0.25, 0.3) is 0 Å². The van der Waals surface area contributed by atoms with Gasteiger partial charge in [-0.15, -0.1) is 0 Å². The number of rotatable bonds is 6. The number of phenolic OH excluding ortho intramolecular Hbond substituents is 2. The summed E-state index contributed by atoms with van der Waals surface area (Å²) in [7, 11) is 0. The smallest absolute Gasteiger partial charge is 0.388 e. The lowest BCUT2D eigenvalue weighted by molar-refractivity contribution is 0.397. The number of hydrogen-bond acceptors (Lipinski definition) is 4. The van der Waals surface area contributed by atoms with Crippen molar-refractivity contribution in [2.75, 3.05) is 0 Å². The van der Waals surface area contributed by atoms with E-state index in [2.05, 4.69) is 0 Å². The average Bonchev–Trinajstić information content (AvgIpc) is 2.40. The van der Waals surface area contributed by atoms with Crippen LogP contribution in [0.1, 0.15) is 17.5 Å². The summed E-state index contributed by atoms with van der Waals surface area (Å²) in [4.78, 5) is 18.6. The second kappa shape index (κ2) is 7.20. The Labute approximate surface area is 132 Å². The molecule has 5 nitrogen and oxygen atoms in total. The summed E-state index contributed by atoms with van der Waals surface area (Å²) < 4.78 is 11.1. The standard InChI is InChI=1S/C15H17O5PS/c16-12-6-1-4-11(10-12)5-2-7-13-14(17)8-3-9-15(13)22-21(18,19)20/h1,3-4,6,8-10,16-17H,2,5,7H2,(H2,18,19,20).